The second-order valence-electron chi connectivity index (χ2n) is 9.72. The Morgan fingerprint density at radius 1 is 1.00 bits per heavy atom. The average molecular weight is 711 g/mol. The Morgan fingerprint density at radius 2 is 1.77 bits per heavy atom. The van der Waals surface area contributed by atoms with Gasteiger partial charge in [0.15, 0.2) is 16.3 Å². The fraction of sp³-hybridized carbons (Fsp3) is 0.242. The number of fused-ring (bicyclic) bond motifs is 1. The first-order chi connectivity index (χ1) is 20.8. The molecule has 0 amide bonds. The lowest BCUT2D eigenvalue weighted by atomic mass is 9.97. The van der Waals surface area contributed by atoms with Crippen molar-refractivity contribution < 1.29 is 23.7 Å². The highest BCUT2D eigenvalue weighted by molar-refractivity contribution is 14.1. The number of aryl methyl sites for hydroxylation is 1. The monoisotopic (exact) mass is 710 g/mol. The molecular weight excluding hydrogens is 679 g/mol. The summed E-state index contributed by atoms with van der Waals surface area (Å²) in [4.78, 5) is 31.7. The molecule has 0 unspecified atom stereocenters. The van der Waals surface area contributed by atoms with Crippen LogP contribution in [0.4, 0.5) is 0 Å². The molecule has 1 atom stereocenters. The summed E-state index contributed by atoms with van der Waals surface area (Å²) in [6.45, 7) is 7.21. The molecule has 1 aliphatic heterocycles. The first kappa shape index (κ1) is 30.6. The van der Waals surface area contributed by atoms with Crippen molar-refractivity contribution in [2.24, 2.45) is 4.99 Å². The van der Waals surface area contributed by atoms with Crippen molar-refractivity contribution in [3.63, 3.8) is 0 Å². The molecule has 0 saturated carbocycles. The third kappa shape index (κ3) is 6.70. The smallest absolute Gasteiger partial charge is 0.337 e. The van der Waals surface area contributed by atoms with Gasteiger partial charge in [-0.3, -0.25) is 9.36 Å². The molecule has 0 N–H and O–H groups in total. The van der Waals surface area contributed by atoms with Crippen molar-refractivity contribution in [3.8, 4) is 17.2 Å². The van der Waals surface area contributed by atoms with Crippen molar-refractivity contribution in [2.75, 3.05) is 20.3 Å². The Kier molecular flexibility index (Phi) is 9.66. The molecule has 1 aliphatic rings. The lowest BCUT2D eigenvalue weighted by molar-refractivity contribution is -0.136. The van der Waals surface area contributed by atoms with Gasteiger partial charge >= 0.3 is 5.97 Å². The van der Waals surface area contributed by atoms with Crippen LogP contribution in [-0.4, -0.2) is 30.9 Å². The van der Waals surface area contributed by atoms with E-state index in [2.05, 4.69) is 46.6 Å². The van der Waals surface area contributed by atoms with Crippen LogP contribution in [0.15, 0.2) is 82.2 Å². The fourth-order valence-corrected chi connectivity index (χ4v) is 6.49. The van der Waals surface area contributed by atoms with Gasteiger partial charge in [-0.15, -0.1) is 0 Å². The molecule has 0 radical (unpaired) electrons. The van der Waals surface area contributed by atoms with Crippen LogP contribution < -0.4 is 29.1 Å². The molecule has 0 aliphatic carbocycles. The SMILES string of the molecule is CCOc1ccc([C@H]2C(C(=O)OC)=CN=c3s/c(=C\c4ccc(OCc5cccc(C)c5)c(I)c4)c(=O)n32)cc1OCC. The average Bonchev–Trinajstić information content (AvgIpc) is 3.31. The Hall–Kier alpha value is -3.90. The van der Waals surface area contributed by atoms with Gasteiger partial charge in [-0.2, -0.15) is 0 Å². The number of thiazole rings is 1. The van der Waals surface area contributed by atoms with Gasteiger partial charge in [-0.1, -0.05) is 53.3 Å². The summed E-state index contributed by atoms with van der Waals surface area (Å²) in [6.07, 6.45) is 3.31. The quantitative estimate of drug-likeness (QED) is 0.164. The van der Waals surface area contributed by atoms with Crippen LogP contribution >= 0.6 is 33.9 Å². The number of hydrogen-bond donors (Lipinski definition) is 0. The molecule has 4 aromatic rings. The molecule has 10 heteroatoms. The van der Waals surface area contributed by atoms with E-state index in [9.17, 15) is 9.59 Å². The maximum Gasteiger partial charge on any atom is 0.337 e. The fourth-order valence-electron chi connectivity index (χ4n) is 4.83. The minimum atomic E-state index is -0.752. The summed E-state index contributed by atoms with van der Waals surface area (Å²) < 4.78 is 25.6. The van der Waals surface area contributed by atoms with Crippen LogP contribution in [0.5, 0.6) is 17.2 Å². The number of aromatic nitrogens is 1. The number of esters is 1. The van der Waals surface area contributed by atoms with Crippen molar-refractivity contribution in [2.45, 2.75) is 33.4 Å². The van der Waals surface area contributed by atoms with Gasteiger partial charge in [0.05, 0.1) is 40.0 Å². The first-order valence-corrected chi connectivity index (χ1v) is 15.7. The van der Waals surface area contributed by atoms with Gasteiger partial charge in [-0.05, 0) is 90.4 Å². The molecule has 0 spiro atoms. The highest BCUT2D eigenvalue weighted by Gasteiger charge is 2.31. The van der Waals surface area contributed by atoms with Crippen molar-refractivity contribution in [1.29, 1.82) is 0 Å². The molecule has 5 rings (SSSR count). The third-order valence-corrected chi connectivity index (χ3v) is 8.58. The van der Waals surface area contributed by atoms with Crippen LogP contribution in [-0.2, 0) is 16.1 Å². The van der Waals surface area contributed by atoms with Crippen molar-refractivity contribution in [1.82, 2.24) is 4.57 Å². The van der Waals surface area contributed by atoms with E-state index < -0.39 is 12.0 Å². The van der Waals surface area contributed by atoms with E-state index in [1.807, 2.05) is 56.3 Å². The number of carbonyl (C=O) groups is 1. The van der Waals surface area contributed by atoms with Crippen molar-refractivity contribution in [3.05, 3.63) is 118 Å². The second kappa shape index (κ2) is 13.6. The van der Waals surface area contributed by atoms with Crippen LogP contribution in [0.1, 0.15) is 42.1 Å². The zero-order valence-electron chi connectivity index (χ0n) is 24.3. The summed E-state index contributed by atoms with van der Waals surface area (Å²) >= 11 is 3.50. The Morgan fingerprint density at radius 3 is 2.49 bits per heavy atom. The molecule has 1 aromatic heterocycles. The van der Waals surface area contributed by atoms with E-state index in [1.54, 1.807) is 16.7 Å². The summed E-state index contributed by atoms with van der Waals surface area (Å²) in [7, 11) is 1.31. The first-order valence-electron chi connectivity index (χ1n) is 13.8. The molecule has 8 nitrogen and oxygen atoms in total. The molecule has 43 heavy (non-hydrogen) atoms. The number of halogens is 1. The number of rotatable bonds is 10. The summed E-state index contributed by atoms with van der Waals surface area (Å²) in [5.74, 6) is 1.32. The van der Waals surface area contributed by atoms with E-state index in [1.165, 1.54) is 30.2 Å². The minimum absolute atomic E-state index is 0.248. The normalized spacial score (nSPS) is 14.4. The zero-order chi connectivity index (χ0) is 30.5. The molecule has 2 heterocycles. The van der Waals surface area contributed by atoms with Gasteiger partial charge in [0.25, 0.3) is 5.56 Å². The topological polar surface area (TPSA) is 88.4 Å². The largest absolute Gasteiger partial charge is 0.490 e. The lowest BCUT2D eigenvalue weighted by Gasteiger charge is -2.23. The Balaban J connectivity index is 1.51. The summed E-state index contributed by atoms with van der Waals surface area (Å²) in [6, 6.07) is 18.7. The van der Waals surface area contributed by atoms with E-state index in [-0.39, 0.29) is 11.1 Å². The number of hydrogen-bond acceptors (Lipinski definition) is 8. The van der Waals surface area contributed by atoms with Gasteiger partial charge in [0.1, 0.15) is 12.4 Å². The van der Waals surface area contributed by atoms with Crippen LogP contribution in [0.3, 0.4) is 0 Å². The lowest BCUT2D eigenvalue weighted by Crippen LogP contribution is -2.39. The summed E-state index contributed by atoms with van der Waals surface area (Å²) in [5.41, 5.74) is 3.80. The maximum absolute atomic E-state index is 13.9. The molecule has 3 aromatic carbocycles. The standard InChI is InChI=1S/C33H31IN2O6S/c1-5-40-27-13-11-23(17-28(27)41-6-2)30-24(32(38)39-4)18-35-33-36(30)31(37)29(43-33)16-21-10-12-26(25(34)15-21)42-19-22-9-7-8-20(3)14-22/h7-18,30H,5-6,19H2,1-4H3/b29-16-/t30-/m0/s1. The van der Waals surface area contributed by atoms with Gasteiger partial charge < -0.3 is 18.9 Å². The highest BCUT2D eigenvalue weighted by atomic mass is 127. The second-order valence-corrected chi connectivity index (χ2v) is 11.9. The molecule has 0 fully saturated rings. The maximum atomic E-state index is 13.9. The van der Waals surface area contributed by atoms with E-state index in [4.69, 9.17) is 18.9 Å². The predicted molar refractivity (Wildman–Crippen MR) is 175 cm³/mol. The van der Waals surface area contributed by atoms with Crippen molar-refractivity contribution >= 4 is 46.0 Å². The van der Waals surface area contributed by atoms with E-state index in [0.717, 1.165) is 20.4 Å². The number of ether oxygens (including phenoxy) is 4. The van der Waals surface area contributed by atoms with Crippen LogP contribution in [0.25, 0.3) is 6.08 Å². The van der Waals surface area contributed by atoms with Crippen LogP contribution in [0, 0.1) is 10.5 Å². The van der Waals surface area contributed by atoms with E-state index >= 15 is 0 Å². The molecule has 222 valence electrons. The zero-order valence-corrected chi connectivity index (χ0v) is 27.2. The van der Waals surface area contributed by atoms with Gasteiger partial charge in [0, 0.05) is 6.20 Å². The Labute approximate surface area is 267 Å². The number of methoxy groups -OCH3 is 1. The van der Waals surface area contributed by atoms with Crippen LogP contribution in [0.2, 0.25) is 0 Å². The van der Waals surface area contributed by atoms with Gasteiger partial charge in [0.2, 0.25) is 0 Å². The Bertz CT molecular complexity index is 1880. The molecule has 0 bridgehead atoms. The predicted octanol–water partition coefficient (Wildman–Crippen LogP) is 5.31. The third-order valence-electron chi connectivity index (χ3n) is 6.74. The number of nitrogens with zero attached hydrogens (tertiary/aromatic N) is 2. The highest BCUT2D eigenvalue weighted by Crippen LogP contribution is 2.35. The van der Waals surface area contributed by atoms with E-state index in [0.29, 0.717) is 46.2 Å². The number of carbonyl (C=O) groups excluding carboxylic acids is 1. The molecule has 0 saturated heterocycles. The molecular formula is C33H31IN2O6S. The van der Waals surface area contributed by atoms with Gasteiger partial charge in [-0.25, -0.2) is 9.79 Å². The minimum Gasteiger partial charge on any atom is -0.490 e. The summed E-state index contributed by atoms with van der Waals surface area (Å²) in [5, 5.41) is 0. The number of benzene rings is 3.